The first kappa shape index (κ1) is 60.4. The molecule has 0 heterocycles. The van der Waals surface area contributed by atoms with E-state index in [1.54, 1.807) is 0 Å². The van der Waals surface area contributed by atoms with Crippen LogP contribution in [0.4, 0.5) is 0 Å². The van der Waals surface area contributed by atoms with Crippen molar-refractivity contribution < 1.29 is 28.6 Å². The Balaban J connectivity index is 4.27. The van der Waals surface area contributed by atoms with Crippen LogP contribution in [0.15, 0.2) is 0 Å². The molecule has 0 radical (unpaired) electrons. The zero-order valence-corrected chi connectivity index (χ0v) is 42.5. The van der Waals surface area contributed by atoms with Crippen molar-refractivity contribution in [1.29, 1.82) is 0 Å². The summed E-state index contributed by atoms with van der Waals surface area (Å²) in [4.78, 5) is 38.0. The molecule has 0 spiro atoms. The minimum atomic E-state index is -0.762. The molecule has 6 heteroatoms. The highest BCUT2D eigenvalue weighted by molar-refractivity contribution is 5.71. The molecule has 0 aliphatic rings. The zero-order valence-electron chi connectivity index (χ0n) is 42.5. The quantitative estimate of drug-likeness (QED) is 0.0344. The second-order valence-corrected chi connectivity index (χ2v) is 20.2. The molecule has 1 atom stereocenters. The van der Waals surface area contributed by atoms with Crippen LogP contribution in [0.5, 0.6) is 0 Å². The van der Waals surface area contributed by atoms with Crippen LogP contribution >= 0.6 is 0 Å². The van der Waals surface area contributed by atoms with Crippen molar-refractivity contribution >= 4 is 17.9 Å². The van der Waals surface area contributed by atoms with Crippen LogP contribution in [0.25, 0.3) is 0 Å². The minimum absolute atomic E-state index is 0.0633. The molecule has 0 fully saturated rings. The third-order valence-corrected chi connectivity index (χ3v) is 12.7. The molecule has 0 bridgehead atoms. The fourth-order valence-electron chi connectivity index (χ4n) is 8.52. The lowest BCUT2D eigenvalue weighted by molar-refractivity contribution is -0.167. The summed E-state index contributed by atoms with van der Waals surface area (Å²) in [5.41, 5.74) is 0. The SMILES string of the molecule is CCCCCCCCCCCCCCCCC(=O)OC[C@H](COC(=O)CCCCCCCCCCC(C)C)OC(=O)CCCCCCCCCCCCCCCCCCC(C)C. The summed E-state index contributed by atoms with van der Waals surface area (Å²) < 4.78 is 16.8. The predicted octanol–water partition coefficient (Wildman–Crippen LogP) is 18.1. The van der Waals surface area contributed by atoms with E-state index in [2.05, 4.69) is 34.6 Å². The van der Waals surface area contributed by atoms with Crippen molar-refractivity contribution in [1.82, 2.24) is 0 Å². The Bertz CT molecular complexity index is 947. The van der Waals surface area contributed by atoms with E-state index in [0.29, 0.717) is 19.3 Å². The fourth-order valence-corrected chi connectivity index (χ4v) is 8.52. The van der Waals surface area contributed by atoms with Crippen LogP contribution in [-0.4, -0.2) is 37.2 Å². The summed E-state index contributed by atoms with van der Waals surface area (Å²) in [6, 6.07) is 0. The van der Waals surface area contributed by atoms with Crippen LogP contribution in [0.2, 0.25) is 0 Å². The minimum Gasteiger partial charge on any atom is -0.462 e. The van der Waals surface area contributed by atoms with Gasteiger partial charge in [-0.1, -0.05) is 272 Å². The Labute approximate surface area is 387 Å². The summed E-state index contributed by atoms with van der Waals surface area (Å²) in [5, 5.41) is 0. The predicted molar refractivity (Wildman–Crippen MR) is 266 cm³/mol. The Morgan fingerprint density at radius 3 is 0.790 bits per heavy atom. The molecule has 0 N–H and O–H groups in total. The van der Waals surface area contributed by atoms with E-state index < -0.39 is 6.10 Å². The number of ether oxygens (including phenoxy) is 3. The van der Waals surface area contributed by atoms with Gasteiger partial charge in [0.2, 0.25) is 0 Å². The lowest BCUT2D eigenvalue weighted by atomic mass is 10.0. The van der Waals surface area contributed by atoms with Crippen molar-refractivity contribution in [2.75, 3.05) is 13.2 Å². The molecule has 0 saturated carbocycles. The first-order valence-electron chi connectivity index (χ1n) is 27.7. The average Bonchev–Trinajstić information content (AvgIpc) is 3.24. The summed E-state index contributed by atoms with van der Waals surface area (Å²) in [6.07, 6.45) is 51.0. The molecule has 0 unspecified atom stereocenters. The van der Waals surface area contributed by atoms with Gasteiger partial charge in [-0.25, -0.2) is 0 Å². The Morgan fingerprint density at radius 1 is 0.306 bits per heavy atom. The zero-order chi connectivity index (χ0) is 45.4. The number of carbonyl (C=O) groups is 3. The van der Waals surface area contributed by atoms with Gasteiger partial charge in [-0.3, -0.25) is 14.4 Å². The molecule has 0 aromatic heterocycles. The van der Waals surface area contributed by atoms with Gasteiger partial charge in [-0.2, -0.15) is 0 Å². The molecule has 0 aliphatic heterocycles. The van der Waals surface area contributed by atoms with Gasteiger partial charge in [0, 0.05) is 19.3 Å². The van der Waals surface area contributed by atoms with Crippen LogP contribution in [0.1, 0.15) is 311 Å². The van der Waals surface area contributed by atoms with E-state index in [0.717, 1.165) is 69.6 Å². The lowest BCUT2D eigenvalue weighted by Crippen LogP contribution is -2.30. The van der Waals surface area contributed by atoms with Gasteiger partial charge in [-0.15, -0.1) is 0 Å². The maximum atomic E-state index is 12.8. The van der Waals surface area contributed by atoms with Crippen molar-refractivity contribution in [3.63, 3.8) is 0 Å². The average molecular weight is 877 g/mol. The smallest absolute Gasteiger partial charge is 0.306 e. The topological polar surface area (TPSA) is 78.9 Å². The molecule has 62 heavy (non-hydrogen) atoms. The molecule has 0 aromatic rings. The van der Waals surface area contributed by atoms with E-state index in [4.69, 9.17) is 14.2 Å². The highest BCUT2D eigenvalue weighted by Crippen LogP contribution is 2.18. The second kappa shape index (κ2) is 48.9. The number of hydrogen-bond donors (Lipinski definition) is 0. The first-order chi connectivity index (χ1) is 30.2. The van der Waals surface area contributed by atoms with Crippen LogP contribution < -0.4 is 0 Å². The van der Waals surface area contributed by atoms with E-state index in [-0.39, 0.29) is 31.1 Å². The fraction of sp³-hybridized carbons (Fsp3) is 0.946. The van der Waals surface area contributed by atoms with E-state index in [1.165, 1.54) is 199 Å². The number of unbranched alkanes of at least 4 members (excludes halogenated alkanes) is 35. The first-order valence-corrected chi connectivity index (χ1v) is 27.7. The Kier molecular flexibility index (Phi) is 47.6. The molecule has 0 aromatic carbocycles. The van der Waals surface area contributed by atoms with Crippen molar-refractivity contribution in [2.45, 2.75) is 317 Å². The van der Waals surface area contributed by atoms with Crippen molar-refractivity contribution in [3.8, 4) is 0 Å². The second-order valence-electron chi connectivity index (χ2n) is 20.2. The molecule has 0 saturated heterocycles. The molecule has 0 aliphatic carbocycles. The summed E-state index contributed by atoms with van der Waals surface area (Å²) in [7, 11) is 0. The highest BCUT2D eigenvalue weighted by atomic mass is 16.6. The maximum absolute atomic E-state index is 12.8. The largest absolute Gasteiger partial charge is 0.462 e. The normalized spacial score (nSPS) is 12.0. The van der Waals surface area contributed by atoms with E-state index >= 15 is 0 Å². The monoisotopic (exact) mass is 877 g/mol. The molecule has 368 valence electrons. The number of esters is 3. The van der Waals surface area contributed by atoms with E-state index in [1.807, 2.05) is 0 Å². The number of carbonyl (C=O) groups excluding carboxylic acids is 3. The number of hydrogen-bond acceptors (Lipinski definition) is 6. The Morgan fingerprint density at radius 2 is 0.532 bits per heavy atom. The lowest BCUT2D eigenvalue weighted by Gasteiger charge is -2.18. The van der Waals surface area contributed by atoms with Gasteiger partial charge in [0.15, 0.2) is 6.10 Å². The molecule has 0 rings (SSSR count). The molecular weight excluding hydrogens is 769 g/mol. The van der Waals surface area contributed by atoms with Gasteiger partial charge in [0.1, 0.15) is 13.2 Å². The maximum Gasteiger partial charge on any atom is 0.306 e. The van der Waals surface area contributed by atoms with Gasteiger partial charge in [0.25, 0.3) is 0 Å². The molecular formula is C56H108O6. The van der Waals surface area contributed by atoms with Crippen LogP contribution in [0.3, 0.4) is 0 Å². The molecule has 0 amide bonds. The summed E-state index contributed by atoms with van der Waals surface area (Å²) in [6.45, 7) is 11.4. The summed E-state index contributed by atoms with van der Waals surface area (Å²) in [5.74, 6) is 0.804. The van der Waals surface area contributed by atoms with Crippen molar-refractivity contribution in [3.05, 3.63) is 0 Å². The third-order valence-electron chi connectivity index (χ3n) is 12.7. The van der Waals surface area contributed by atoms with Crippen LogP contribution in [-0.2, 0) is 28.6 Å². The standard InChI is InChI=1S/C56H108O6/c1-6-7-8-9-10-11-12-13-19-22-25-31-36-41-46-54(57)60-49-53(50-61-55(58)47-42-37-32-28-27-30-35-40-45-52(4)5)62-56(59)48-43-38-33-26-23-20-17-15-14-16-18-21-24-29-34-39-44-51(2)3/h51-53H,6-50H2,1-5H3/t53-/m1/s1. The van der Waals surface area contributed by atoms with Gasteiger partial charge in [-0.05, 0) is 31.1 Å². The molecule has 6 nitrogen and oxygen atoms in total. The van der Waals surface area contributed by atoms with Gasteiger partial charge >= 0.3 is 17.9 Å². The number of rotatable bonds is 50. The van der Waals surface area contributed by atoms with Gasteiger partial charge < -0.3 is 14.2 Å². The van der Waals surface area contributed by atoms with Gasteiger partial charge in [0.05, 0.1) is 0 Å². The van der Waals surface area contributed by atoms with E-state index in [9.17, 15) is 14.4 Å². The highest BCUT2D eigenvalue weighted by Gasteiger charge is 2.19. The van der Waals surface area contributed by atoms with Crippen LogP contribution in [0, 0.1) is 11.8 Å². The van der Waals surface area contributed by atoms with Crippen molar-refractivity contribution in [2.24, 2.45) is 11.8 Å². The Hall–Kier alpha value is -1.59. The third kappa shape index (κ3) is 49.4. The summed E-state index contributed by atoms with van der Waals surface area (Å²) >= 11 is 0.